The van der Waals surface area contributed by atoms with Gasteiger partial charge in [0.25, 0.3) is 0 Å². The summed E-state index contributed by atoms with van der Waals surface area (Å²) in [5, 5.41) is 2.76. The number of hydrogen-bond acceptors (Lipinski definition) is 1. The van der Waals surface area contributed by atoms with Crippen LogP contribution in [0.1, 0.15) is 0 Å². The van der Waals surface area contributed by atoms with Crippen LogP contribution in [0.3, 0.4) is 0 Å². The molecule has 0 fully saturated rings. The maximum absolute atomic E-state index is 2.19. The van der Waals surface area contributed by atoms with Gasteiger partial charge in [-0.15, -0.1) is 23.7 Å². The lowest BCUT2D eigenvalue weighted by Crippen LogP contribution is -1.62. The molecule has 0 aliphatic rings. The molecule has 3 rings (SSSR count). The lowest BCUT2D eigenvalue weighted by molar-refractivity contribution is 1.84. The van der Waals surface area contributed by atoms with Crippen LogP contribution in [0, 0.1) is 0 Å². The van der Waals surface area contributed by atoms with E-state index in [1.165, 1.54) is 20.2 Å². The molecule has 0 nitrogen and oxygen atoms in total. The molecule has 0 atom stereocenters. The first kappa shape index (κ1) is 9.50. The van der Waals surface area contributed by atoms with E-state index in [9.17, 15) is 0 Å². The smallest absolute Gasteiger partial charge is 0.0355 e. The highest BCUT2D eigenvalue weighted by Crippen LogP contribution is 2.32. The third-order valence-corrected chi connectivity index (χ3v) is 3.44. The lowest BCUT2D eigenvalue weighted by atomic mass is 10.2. The van der Waals surface area contributed by atoms with Gasteiger partial charge in [0.1, 0.15) is 0 Å². The molecule has 0 N–H and O–H groups in total. The lowest BCUT2D eigenvalue weighted by Gasteiger charge is -1.88. The van der Waals surface area contributed by atoms with Crippen LogP contribution in [0.25, 0.3) is 20.2 Å². The van der Waals surface area contributed by atoms with Gasteiger partial charge >= 0.3 is 0 Å². The van der Waals surface area contributed by atoms with E-state index in [4.69, 9.17) is 0 Å². The molecule has 0 amide bonds. The Morgan fingerprint density at radius 2 is 1.07 bits per heavy atom. The molecule has 2 aromatic carbocycles. The summed E-state index contributed by atoms with van der Waals surface area (Å²) >= 11 is 1.86. The van der Waals surface area contributed by atoms with E-state index in [1.54, 1.807) is 0 Å². The number of benzene rings is 2. The van der Waals surface area contributed by atoms with Gasteiger partial charge in [-0.2, -0.15) is 0 Å². The average molecular weight is 221 g/mol. The van der Waals surface area contributed by atoms with Gasteiger partial charge in [-0.1, -0.05) is 36.4 Å². The summed E-state index contributed by atoms with van der Waals surface area (Å²) in [5.41, 5.74) is 0. The summed E-state index contributed by atoms with van der Waals surface area (Å²) in [4.78, 5) is 0. The fourth-order valence-electron chi connectivity index (χ4n) is 1.67. The first-order valence-electron chi connectivity index (χ1n) is 4.31. The summed E-state index contributed by atoms with van der Waals surface area (Å²) in [6.45, 7) is 0. The molecule has 2 heteroatoms. The predicted molar refractivity (Wildman–Crippen MR) is 66.6 cm³/mol. The van der Waals surface area contributed by atoms with E-state index in [1.807, 2.05) is 11.3 Å². The van der Waals surface area contributed by atoms with Crippen molar-refractivity contribution in [1.29, 1.82) is 0 Å². The second kappa shape index (κ2) is 3.60. The van der Waals surface area contributed by atoms with Crippen molar-refractivity contribution < 1.29 is 0 Å². The molecule has 70 valence electrons. The van der Waals surface area contributed by atoms with Crippen molar-refractivity contribution in [3.63, 3.8) is 0 Å². The van der Waals surface area contributed by atoms with E-state index < -0.39 is 0 Å². The number of rotatable bonds is 0. The Labute approximate surface area is 92.6 Å². The van der Waals surface area contributed by atoms with E-state index >= 15 is 0 Å². The molecule has 0 spiro atoms. The molecule has 0 saturated heterocycles. The second-order valence-corrected chi connectivity index (χ2v) is 4.18. The summed E-state index contributed by atoms with van der Waals surface area (Å²) in [6.07, 6.45) is 0. The van der Waals surface area contributed by atoms with Crippen molar-refractivity contribution in [3.05, 3.63) is 48.5 Å². The van der Waals surface area contributed by atoms with Crippen LogP contribution in [0.2, 0.25) is 0 Å². The average Bonchev–Trinajstić information content (AvgIpc) is 2.56. The van der Waals surface area contributed by atoms with Crippen LogP contribution in [0.15, 0.2) is 48.5 Å². The molecule has 3 aromatic rings. The molecule has 0 aliphatic carbocycles. The van der Waals surface area contributed by atoms with Crippen molar-refractivity contribution in [2.24, 2.45) is 0 Å². The summed E-state index contributed by atoms with van der Waals surface area (Å²) < 4.78 is 2.76. The monoisotopic (exact) mass is 220 g/mol. The van der Waals surface area contributed by atoms with Crippen LogP contribution >= 0.6 is 23.7 Å². The largest absolute Gasteiger partial charge is 0.147 e. The first-order chi connectivity index (χ1) is 6.45. The van der Waals surface area contributed by atoms with E-state index in [-0.39, 0.29) is 12.4 Å². The van der Waals surface area contributed by atoms with Gasteiger partial charge in [0.15, 0.2) is 0 Å². The molecular formula is C12H9ClS. The minimum absolute atomic E-state index is 0. The molecule has 14 heavy (non-hydrogen) atoms. The topological polar surface area (TPSA) is 0 Å². The van der Waals surface area contributed by atoms with Gasteiger partial charge in [0.2, 0.25) is 0 Å². The molecule has 0 unspecified atom stereocenters. The Balaban J connectivity index is 0.000000750. The Hall–Kier alpha value is -1.05. The molecular weight excluding hydrogens is 212 g/mol. The minimum Gasteiger partial charge on any atom is -0.147 e. The third kappa shape index (κ3) is 1.29. The summed E-state index contributed by atoms with van der Waals surface area (Å²) in [6, 6.07) is 17.1. The van der Waals surface area contributed by atoms with E-state index in [0.29, 0.717) is 0 Å². The summed E-state index contributed by atoms with van der Waals surface area (Å²) in [7, 11) is 0. The van der Waals surface area contributed by atoms with E-state index in [0.717, 1.165) is 0 Å². The number of fused-ring (bicyclic) bond motifs is 3. The minimum atomic E-state index is 0. The zero-order valence-electron chi connectivity index (χ0n) is 7.44. The highest BCUT2D eigenvalue weighted by Gasteiger charge is 2.01. The van der Waals surface area contributed by atoms with Crippen molar-refractivity contribution in [1.82, 2.24) is 0 Å². The van der Waals surface area contributed by atoms with Gasteiger partial charge in [0, 0.05) is 20.2 Å². The van der Waals surface area contributed by atoms with Crippen LogP contribution in [0.5, 0.6) is 0 Å². The molecule has 0 bridgehead atoms. The third-order valence-electron chi connectivity index (χ3n) is 2.28. The fraction of sp³-hybridized carbons (Fsp3) is 0. The zero-order valence-corrected chi connectivity index (χ0v) is 9.07. The molecule has 0 aliphatic heterocycles. The molecule has 0 radical (unpaired) electrons. The Bertz CT molecular complexity index is 518. The predicted octanol–water partition coefficient (Wildman–Crippen LogP) is 4.48. The maximum Gasteiger partial charge on any atom is 0.0355 e. The number of halogens is 1. The van der Waals surface area contributed by atoms with E-state index in [2.05, 4.69) is 48.5 Å². The van der Waals surface area contributed by atoms with Crippen molar-refractivity contribution in [2.75, 3.05) is 0 Å². The van der Waals surface area contributed by atoms with Crippen LogP contribution < -0.4 is 0 Å². The van der Waals surface area contributed by atoms with Crippen molar-refractivity contribution in [3.8, 4) is 0 Å². The van der Waals surface area contributed by atoms with Crippen LogP contribution in [-0.4, -0.2) is 0 Å². The quantitative estimate of drug-likeness (QED) is 0.524. The van der Waals surface area contributed by atoms with Crippen LogP contribution in [0.4, 0.5) is 0 Å². The standard InChI is InChI=1S/C12H8S.ClH/c1-3-7-11-9(5-1)10-6-2-4-8-12(10)13-11;/h1-8H;1H. The molecule has 1 heterocycles. The highest BCUT2D eigenvalue weighted by atomic mass is 35.5. The Morgan fingerprint density at radius 1 is 0.643 bits per heavy atom. The van der Waals surface area contributed by atoms with Crippen molar-refractivity contribution >= 4 is 43.9 Å². The summed E-state index contributed by atoms with van der Waals surface area (Å²) in [5.74, 6) is 0. The number of hydrogen-bond donors (Lipinski definition) is 0. The second-order valence-electron chi connectivity index (χ2n) is 3.09. The Kier molecular flexibility index (Phi) is 2.44. The highest BCUT2D eigenvalue weighted by molar-refractivity contribution is 7.25. The zero-order chi connectivity index (χ0) is 8.67. The SMILES string of the molecule is Cl.c1ccc2c(c1)sc1ccccc12. The van der Waals surface area contributed by atoms with Crippen LogP contribution in [-0.2, 0) is 0 Å². The number of thiophene rings is 1. The van der Waals surface area contributed by atoms with Gasteiger partial charge in [0.05, 0.1) is 0 Å². The van der Waals surface area contributed by atoms with Gasteiger partial charge in [-0.25, -0.2) is 0 Å². The first-order valence-corrected chi connectivity index (χ1v) is 5.13. The molecule has 0 saturated carbocycles. The fourth-order valence-corrected chi connectivity index (χ4v) is 2.78. The van der Waals surface area contributed by atoms with Gasteiger partial charge in [-0.3, -0.25) is 0 Å². The van der Waals surface area contributed by atoms with Gasteiger partial charge in [-0.05, 0) is 12.1 Å². The Morgan fingerprint density at radius 3 is 1.57 bits per heavy atom. The van der Waals surface area contributed by atoms with Gasteiger partial charge < -0.3 is 0 Å². The van der Waals surface area contributed by atoms with Crippen molar-refractivity contribution in [2.45, 2.75) is 0 Å². The maximum atomic E-state index is 2.19. The molecule has 1 aromatic heterocycles. The normalized spacial score (nSPS) is 10.3.